The fourth-order valence-electron chi connectivity index (χ4n) is 2.78. The van der Waals surface area contributed by atoms with Gasteiger partial charge in [0.15, 0.2) is 0 Å². The average Bonchev–Trinajstić information content (AvgIpc) is 2.67. The molecule has 27 heavy (non-hydrogen) atoms. The van der Waals surface area contributed by atoms with Gasteiger partial charge in [-0.15, -0.1) is 0 Å². The third-order valence-corrected chi connectivity index (χ3v) is 4.79. The minimum absolute atomic E-state index is 0.244. The maximum absolute atomic E-state index is 12.6. The molecule has 0 aliphatic heterocycles. The number of hydrogen-bond donors (Lipinski definition) is 1. The van der Waals surface area contributed by atoms with Crippen molar-refractivity contribution >= 4 is 29.2 Å². The van der Waals surface area contributed by atoms with Crippen LogP contribution in [0.4, 0.5) is 0 Å². The molecule has 0 fully saturated rings. The van der Waals surface area contributed by atoms with Crippen molar-refractivity contribution in [3.8, 4) is 11.3 Å². The second kappa shape index (κ2) is 8.42. The number of esters is 1. The van der Waals surface area contributed by atoms with Crippen LogP contribution in [0.3, 0.4) is 0 Å². The first-order valence-electron chi connectivity index (χ1n) is 8.42. The number of carbonyl (C=O) groups is 1. The van der Waals surface area contributed by atoms with Gasteiger partial charge >= 0.3 is 5.97 Å². The summed E-state index contributed by atoms with van der Waals surface area (Å²) in [6.45, 7) is 1.98. The number of benzene rings is 2. The van der Waals surface area contributed by atoms with Crippen LogP contribution in [-0.2, 0) is 11.2 Å². The molecule has 0 amide bonds. The molecule has 3 rings (SSSR count). The molecule has 6 heteroatoms. The summed E-state index contributed by atoms with van der Waals surface area (Å²) < 4.78 is 5.17. The zero-order valence-corrected chi connectivity index (χ0v) is 16.1. The number of ether oxygens (including phenoxy) is 1. The zero-order valence-electron chi connectivity index (χ0n) is 14.6. The van der Waals surface area contributed by atoms with E-state index in [4.69, 9.17) is 27.9 Å². The summed E-state index contributed by atoms with van der Waals surface area (Å²) in [5, 5.41) is 0.859. The molecular weight excluding hydrogens is 385 g/mol. The lowest BCUT2D eigenvalue weighted by molar-refractivity contribution is 0.0526. The van der Waals surface area contributed by atoms with Crippen LogP contribution in [-0.4, -0.2) is 17.6 Å². The Labute approximate surface area is 166 Å². The third-order valence-electron chi connectivity index (χ3n) is 4.05. The first-order chi connectivity index (χ1) is 13.0. The largest absolute Gasteiger partial charge is 0.462 e. The standard InChI is InChI=1S/C21H17Cl2NO3/c1-2-27-21(26)16-12-15(10-13-8-9-17(22)18(23)11-13)20(25)24-19(16)14-6-4-3-5-7-14/h3-9,11-12H,2,10H2,1H3,(H,24,25). The number of rotatable bonds is 5. The van der Waals surface area contributed by atoms with Crippen molar-refractivity contribution in [2.24, 2.45) is 0 Å². The fraction of sp³-hybridized carbons (Fsp3) is 0.143. The molecule has 138 valence electrons. The van der Waals surface area contributed by atoms with E-state index in [0.29, 0.717) is 33.3 Å². The molecule has 3 aromatic rings. The molecule has 1 aromatic heterocycles. The van der Waals surface area contributed by atoms with Crippen molar-refractivity contribution in [2.45, 2.75) is 13.3 Å². The van der Waals surface area contributed by atoms with Crippen molar-refractivity contribution in [1.29, 1.82) is 0 Å². The number of pyridine rings is 1. The molecule has 0 aliphatic carbocycles. The van der Waals surface area contributed by atoms with Crippen LogP contribution in [0.2, 0.25) is 10.0 Å². The van der Waals surface area contributed by atoms with Crippen molar-refractivity contribution in [2.75, 3.05) is 6.61 Å². The normalized spacial score (nSPS) is 10.6. The number of aromatic nitrogens is 1. The molecular formula is C21H17Cl2NO3. The first-order valence-corrected chi connectivity index (χ1v) is 9.18. The predicted octanol–water partition coefficient (Wildman–Crippen LogP) is 5.12. The van der Waals surface area contributed by atoms with Gasteiger partial charge in [-0.2, -0.15) is 0 Å². The topological polar surface area (TPSA) is 59.2 Å². The summed E-state index contributed by atoms with van der Waals surface area (Å²) in [4.78, 5) is 27.9. The van der Waals surface area contributed by atoms with E-state index in [2.05, 4.69) is 4.98 Å². The summed E-state index contributed by atoms with van der Waals surface area (Å²) >= 11 is 12.0. The summed E-state index contributed by atoms with van der Waals surface area (Å²) in [5.74, 6) is -0.483. The van der Waals surface area contributed by atoms with Crippen LogP contribution < -0.4 is 5.56 Å². The number of aromatic amines is 1. The van der Waals surface area contributed by atoms with Crippen LogP contribution in [0, 0.1) is 0 Å². The highest BCUT2D eigenvalue weighted by Gasteiger charge is 2.18. The van der Waals surface area contributed by atoms with Gasteiger partial charge in [-0.05, 0) is 36.2 Å². The Morgan fingerprint density at radius 2 is 1.78 bits per heavy atom. The zero-order chi connectivity index (χ0) is 19.4. The van der Waals surface area contributed by atoms with Crippen LogP contribution in [0.1, 0.15) is 28.4 Å². The van der Waals surface area contributed by atoms with Gasteiger partial charge in [-0.1, -0.05) is 59.6 Å². The van der Waals surface area contributed by atoms with E-state index in [1.54, 1.807) is 31.2 Å². The monoisotopic (exact) mass is 401 g/mol. The predicted molar refractivity (Wildman–Crippen MR) is 108 cm³/mol. The van der Waals surface area contributed by atoms with Crippen molar-refractivity contribution in [1.82, 2.24) is 4.98 Å². The lowest BCUT2D eigenvalue weighted by Crippen LogP contribution is -2.18. The van der Waals surface area contributed by atoms with Gasteiger partial charge in [-0.3, -0.25) is 4.79 Å². The van der Waals surface area contributed by atoms with Gasteiger partial charge in [0.05, 0.1) is 27.9 Å². The van der Waals surface area contributed by atoms with E-state index in [-0.39, 0.29) is 12.2 Å². The Morgan fingerprint density at radius 3 is 2.44 bits per heavy atom. The number of H-pyrrole nitrogens is 1. The molecule has 0 aliphatic rings. The number of nitrogens with one attached hydrogen (secondary N) is 1. The lowest BCUT2D eigenvalue weighted by atomic mass is 10.0. The van der Waals surface area contributed by atoms with E-state index < -0.39 is 5.97 Å². The molecule has 0 atom stereocenters. The van der Waals surface area contributed by atoms with Crippen molar-refractivity contribution in [3.63, 3.8) is 0 Å². The number of halogens is 2. The molecule has 2 aromatic carbocycles. The first kappa shape index (κ1) is 19.2. The molecule has 0 spiro atoms. The summed E-state index contributed by atoms with van der Waals surface area (Å²) in [6.07, 6.45) is 0.313. The highest BCUT2D eigenvalue weighted by atomic mass is 35.5. The second-order valence-corrected chi connectivity index (χ2v) is 6.74. The molecule has 0 radical (unpaired) electrons. The molecule has 0 unspecified atom stereocenters. The maximum Gasteiger partial charge on any atom is 0.340 e. The number of hydrogen-bond acceptors (Lipinski definition) is 3. The van der Waals surface area contributed by atoms with Crippen LogP contribution in [0.25, 0.3) is 11.3 Å². The number of carbonyl (C=O) groups excluding carboxylic acids is 1. The summed E-state index contributed by atoms with van der Waals surface area (Å²) in [6, 6.07) is 16.0. The smallest absolute Gasteiger partial charge is 0.340 e. The Morgan fingerprint density at radius 1 is 1.04 bits per heavy atom. The molecule has 0 saturated heterocycles. The maximum atomic E-state index is 12.6. The molecule has 1 N–H and O–H groups in total. The average molecular weight is 402 g/mol. The molecule has 4 nitrogen and oxygen atoms in total. The second-order valence-electron chi connectivity index (χ2n) is 5.92. The van der Waals surface area contributed by atoms with Gasteiger partial charge < -0.3 is 9.72 Å². The summed E-state index contributed by atoms with van der Waals surface area (Å²) in [5.41, 5.74) is 2.48. The highest BCUT2D eigenvalue weighted by Crippen LogP contribution is 2.25. The molecule has 0 bridgehead atoms. The SMILES string of the molecule is CCOC(=O)c1cc(Cc2ccc(Cl)c(Cl)c2)c(=O)[nH]c1-c1ccccc1. The highest BCUT2D eigenvalue weighted by molar-refractivity contribution is 6.42. The quantitative estimate of drug-likeness (QED) is 0.603. The van der Waals surface area contributed by atoms with E-state index >= 15 is 0 Å². The Kier molecular flexibility index (Phi) is 5.99. The van der Waals surface area contributed by atoms with E-state index in [1.807, 2.05) is 30.3 Å². The molecule has 0 saturated carbocycles. The van der Waals surface area contributed by atoms with Crippen LogP contribution >= 0.6 is 23.2 Å². The van der Waals surface area contributed by atoms with E-state index in [9.17, 15) is 9.59 Å². The lowest BCUT2D eigenvalue weighted by Gasteiger charge is -2.11. The van der Waals surface area contributed by atoms with Crippen molar-refractivity contribution in [3.05, 3.63) is 91.7 Å². The Balaban J connectivity index is 2.08. The molecule has 1 heterocycles. The minimum atomic E-state index is -0.483. The van der Waals surface area contributed by atoms with E-state index in [0.717, 1.165) is 11.1 Å². The van der Waals surface area contributed by atoms with Crippen LogP contribution in [0.15, 0.2) is 59.4 Å². The summed E-state index contributed by atoms with van der Waals surface area (Å²) in [7, 11) is 0. The van der Waals surface area contributed by atoms with Gasteiger partial charge in [0, 0.05) is 12.0 Å². The minimum Gasteiger partial charge on any atom is -0.462 e. The Bertz CT molecular complexity index is 1030. The van der Waals surface area contributed by atoms with Crippen molar-refractivity contribution < 1.29 is 9.53 Å². The fourth-order valence-corrected chi connectivity index (χ4v) is 3.10. The van der Waals surface area contributed by atoms with Gasteiger partial charge in [0.1, 0.15) is 0 Å². The van der Waals surface area contributed by atoms with Gasteiger partial charge in [0.25, 0.3) is 5.56 Å². The van der Waals surface area contributed by atoms with Gasteiger partial charge in [0.2, 0.25) is 0 Å². The third kappa shape index (κ3) is 4.41. The van der Waals surface area contributed by atoms with Gasteiger partial charge in [-0.25, -0.2) is 4.79 Å². The van der Waals surface area contributed by atoms with E-state index in [1.165, 1.54) is 0 Å². The Hall–Kier alpha value is -2.56. The van der Waals surface area contributed by atoms with Crippen LogP contribution in [0.5, 0.6) is 0 Å².